The Morgan fingerprint density at radius 3 is 2.71 bits per heavy atom. The highest BCUT2D eigenvalue weighted by molar-refractivity contribution is 5.53. The molecule has 0 aromatic rings. The van der Waals surface area contributed by atoms with Gasteiger partial charge in [0.2, 0.25) is 0 Å². The van der Waals surface area contributed by atoms with Gasteiger partial charge >= 0.3 is 0 Å². The van der Waals surface area contributed by atoms with Crippen LogP contribution in [0.25, 0.3) is 0 Å². The molecule has 0 bridgehead atoms. The third kappa shape index (κ3) is 0.996. The lowest BCUT2D eigenvalue weighted by Gasteiger charge is -2.24. The summed E-state index contributed by atoms with van der Waals surface area (Å²) in [5.41, 5.74) is 0. The zero-order valence-corrected chi connectivity index (χ0v) is 4.18. The lowest BCUT2D eigenvalue weighted by molar-refractivity contribution is -0.0444. The van der Waals surface area contributed by atoms with Gasteiger partial charge in [-0.1, -0.05) is 0 Å². The molecule has 2 heteroatoms. The number of nitrogens with one attached hydrogen (secondary N) is 1. The highest BCUT2D eigenvalue weighted by Crippen LogP contribution is 2.12. The Morgan fingerprint density at radius 2 is 2.57 bits per heavy atom. The van der Waals surface area contributed by atoms with Crippen LogP contribution < -0.4 is 0 Å². The van der Waals surface area contributed by atoms with E-state index in [9.17, 15) is 0 Å². The van der Waals surface area contributed by atoms with Crippen LogP contribution in [0.4, 0.5) is 0 Å². The first-order valence-corrected chi connectivity index (χ1v) is 2.54. The fourth-order valence-electron chi connectivity index (χ4n) is 0.602. The van der Waals surface area contributed by atoms with E-state index in [0.717, 1.165) is 19.4 Å². The van der Waals surface area contributed by atoms with E-state index in [1.165, 1.54) is 6.21 Å². The van der Waals surface area contributed by atoms with Crippen molar-refractivity contribution >= 4 is 6.21 Å². The lowest BCUT2D eigenvalue weighted by atomic mass is 10.1. The molecule has 0 radical (unpaired) electrons. The van der Waals surface area contributed by atoms with E-state index in [4.69, 9.17) is 10.1 Å². The fraction of sp³-hybridized carbons (Fsp3) is 0.800. The molecule has 0 spiro atoms. The molecule has 1 atom stereocenters. The van der Waals surface area contributed by atoms with Crippen LogP contribution in [0.3, 0.4) is 0 Å². The van der Waals surface area contributed by atoms with E-state index in [2.05, 4.69) is 0 Å². The molecule has 0 aromatic carbocycles. The highest BCUT2D eigenvalue weighted by Gasteiger charge is 2.15. The first kappa shape index (κ1) is 4.78. The van der Waals surface area contributed by atoms with Crippen LogP contribution in [0.5, 0.6) is 0 Å². The van der Waals surface area contributed by atoms with Gasteiger partial charge in [0, 0.05) is 13.0 Å². The second-order valence-corrected chi connectivity index (χ2v) is 1.72. The van der Waals surface area contributed by atoms with Crippen molar-refractivity contribution in [3.8, 4) is 0 Å². The standard InChI is InChI=1S/C5H9NO/c6-3-1-5-2-4-7-5/h3,5-6H,1-2,4H2. The van der Waals surface area contributed by atoms with Crippen LogP contribution in [0.15, 0.2) is 0 Å². The number of hydrogen-bond acceptors (Lipinski definition) is 2. The number of rotatable bonds is 2. The van der Waals surface area contributed by atoms with Crippen molar-refractivity contribution in [2.75, 3.05) is 6.61 Å². The summed E-state index contributed by atoms with van der Waals surface area (Å²) in [6.07, 6.45) is 3.75. The van der Waals surface area contributed by atoms with Crippen LogP contribution >= 0.6 is 0 Å². The molecule has 1 unspecified atom stereocenters. The molecule has 0 saturated carbocycles. The van der Waals surface area contributed by atoms with E-state index < -0.39 is 0 Å². The largest absolute Gasteiger partial charge is 0.378 e. The van der Waals surface area contributed by atoms with Gasteiger partial charge in [-0.2, -0.15) is 0 Å². The van der Waals surface area contributed by atoms with Gasteiger partial charge in [0.05, 0.1) is 6.10 Å². The topological polar surface area (TPSA) is 33.1 Å². The lowest BCUT2D eigenvalue weighted by Crippen LogP contribution is -2.26. The molecule has 1 rings (SSSR count). The number of hydrogen-bond donors (Lipinski definition) is 1. The van der Waals surface area contributed by atoms with Crippen molar-refractivity contribution < 1.29 is 4.74 Å². The molecular formula is C5H9NO. The van der Waals surface area contributed by atoms with E-state index >= 15 is 0 Å². The van der Waals surface area contributed by atoms with Crippen LogP contribution in [0, 0.1) is 5.41 Å². The third-order valence-electron chi connectivity index (χ3n) is 1.17. The molecule has 1 saturated heterocycles. The van der Waals surface area contributed by atoms with Crippen LogP contribution in [-0.2, 0) is 4.74 Å². The van der Waals surface area contributed by atoms with Crippen molar-refractivity contribution in [1.29, 1.82) is 5.41 Å². The Balaban J connectivity index is 2.03. The van der Waals surface area contributed by atoms with Gasteiger partial charge < -0.3 is 10.1 Å². The van der Waals surface area contributed by atoms with E-state index in [1.807, 2.05) is 0 Å². The zero-order valence-electron chi connectivity index (χ0n) is 4.18. The van der Waals surface area contributed by atoms with Crippen LogP contribution in [0.2, 0.25) is 0 Å². The Kier molecular flexibility index (Phi) is 1.42. The number of ether oxygens (including phenoxy) is 1. The van der Waals surface area contributed by atoms with E-state index in [1.54, 1.807) is 0 Å². The van der Waals surface area contributed by atoms with Crippen molar-refractivity contribution in [3.63, 3.8) is 0 Å². The van der Waals surface area contributed by atoms with Crippen molar-refractivity contribution in [2.45, 2.75) is 18.9 Å². The summed E-state index contributed by atoms with van der Waals surface area (Å²) in [7, 11) is 0. The van der Waals surface area contributed by atoms with Crippen molar-refractivity contribution in [1.82, 2.24) is 0 Å². The molecule has 1 aliphatic heterocycles. The average molecular weight is 99.1 g/mol. The average Bonchev–Trinajstić information content (AvgIpc) is 1.55. The predicted octanol–water partition coefficient (Wildman–Crippen LogP) is 0.815. The molecule has 1 N–H and O–H groups in total. The molecule has 2 nitrogen and oxygen atoms in total. The molecule has 40 valence electrons. The summed E-state index contributed by atoms with van der Waals surface area (Å²) in [4.78, 5) is 0. The third-order valence-corrected chi connectivity index (χ3v) is 1.17. The summed E-state index contributed by atoms with van der Waals surface area (Å²) in [5.74, 6) is 0. The maximum absolute atomic E-state index is 6.67. The molecule has 1 heterocycles. The van der Waals surface area contributed by atoms with Gasteiger partial charge in [-0.3, -0.25) is 0 Å². The smallest absolute Gasteiger partial charge is 0.0646 e. The van der Waals surface area contributed by atoms with E-state index in [-0.39, 0.29) is 0 Å². The zero-order chi connectivity index (χ0) is 5.11. The second kappa shape index (κ2) is 2.07. The highest BCUT2D eigenvalue weighted by atomic mass is 16.5. The molecular weight excluding hydrogens is 90.1 g/mol. The van der Waals surface area contributed by atoms with Gasteiger partial charge in [-0.15, -0.1) is 0 Å². The van der Waals surface area contributed by atoms with Crippen molar-refractivity contribution in [3.05, 3.63) is 0 Å². The summed E-state index contributed by atoms with van der Waals surface area (Å²) in [5, 5.41) is 6.67. The first-order valence-electron chi connectivity index (χ1n) is 2.54. The summed E-state index contributed by atoms with van der Waals surface area (Å²) < 4.78 is 5.02. The monoisotopic (exact) mass is 99.1 g/mol. The Morgan fingerprint density at radius 1 is 1.86 bits per heavy atom. The molecule has 0 amide bonds. The summed E-state index contributed by atoms with van der Waals surface area (Å²) in [6, 6.07) is 0. The van der Waals surface area contributed by atoms with Crippen LogP contribution in [-0.4, -0.2) is 18.9 Å². The van der Waals surface area contributed by atoms with Gasteiger partial charge in [0.15, 0.2) is 0 Å². The van der Waals surface area contributed by atoms with Crippen molar-refractivity contribution in [2.24, 2.45) is 0 Å². The SMILES string of the molecule is N=CCC1CCO1. The fourth-order valence-corrected chi connectivity index (χ4v) is 0.602. The Labute approximate surface area is 43.0 Å². The first-order chi connectivity index (χ1) is 3.43. The second-order valence-electron chi connectivity index (χ2n) is 1.72. The summed E-state index contributed by atoms with van der Waals surface area (Å²) >= 11 is 0. The Bertz CT molecular complexity index is 68.5. The van der Waals surface area contributed by atoms with E-state index in [0.29, 0.717) is 6.10 Å². The van der Waals surface area contributed by atoms with Crippen LogP contribution in [0.1, 0.15) is 12.8 Å². The van der Waals surface area contributed by atoms with Gasteiger partial charge in [0.1, 0.15) is 0 Å². The maximum Gasteiger partial charge on any atom is 0.0646 e. The van der Waals surface area contributed by atoms with Gasteiger partial charge in [-0.25, -0.2) is 0 Å². The molecule has 0 aliphatic carbocycles. The van der Waals surface area contributed by atoms with Gasteiger partial charge in [-0.05, 0) is 12.6 Å². The van der Waals surface area contributed by atoms with Gasteiger partial charge in [0.25, 0.3) is 0 Å². The molecule has 7 heavy (non-hydrogen) atoms. The molecule has 0 aromatic heterocycles. The quantitative estimate of drug-likeness (QED) is 0.511. The predicted molar refractivity (Wildman–Crippen MR) is 27.8 cm³/mol. The molecule has 1 fully saturated rings. The summed E-state index contributed by atoms with van der Waals surface area (Å²) in [6.45, 7) is 0.901. The minimum absolute atomic E-state index is 0.387. The Hall–Kier alpha value is -0.370. The molecule has 1 aliphatic rings. The normalized spacial score (nSPS) is 28.9. The minimum Gasteiger partial charge on any atom is -0.378 e. The maximum atomic E-state index is 6.67. The minimum atomic E-state index is 0.387.